The number of aliphatic carboxylic acids is 3. The molecule has 9 heteroatoms. The van der Waals surface area contributed by atoms with Gasteiger partial charge in [0.25, 0.3) is 0 Å². The van der Waals surface area contributed by atoms with E-state index in [0.717, 1.165) is 38.5 Å². The van der Waals surface area contributed by atoms with Crippen molar-refractivity contribution in [3.8, 4) is 0 Å². The van der Waals surface area contributed by atoms with Crippen LogP contribution in [0.5, 0.6) is 0 Å². The molecule has 0 saturated heterocycles. The van der Waals surface area contributed by atoms with Crippen LogP contribution in [-0.4, -0.2) is 56.0 Å². The standard InChI is InChI=1S/C24H38O9/c1-2-3-4-5-6-7-8-9-10-11-12-13-14-15-16-17-20(27)33-21(22(28)29)24(32,23(30)31)18-19(25)26/h6-7,9-10,21,32H,2-5,8,11-18H2,1H3,(H,25,26)(H,28,29)(H,30,31). The van der Waals surface area contributed by atoms with Crippen molar-refractivity contribution in [3.63, 3.8) is 0 Å². The van der Waals surface area contributed by atoms with E-state index in [1.807, 2.05) is 0 Å². The second-order valence-electron chi connectivity index (χ2n) is 7.99. The summed E-state index contributed by atoms with van der Waals surface area (Å²) in [5, 5.41) is 36.9. The first-order valence-corrected chi connectivity index (χ1v) is 11.5. The van der Waals surface area contributed by atoms with Crippen LogP contribution in [-0.2, 0) is 23.9 Å². The molecule has 0 aliphatic heterocycles. The molecule has 0 amide bonds. The fourth-order valence-corrected chi connectivity index (χ4v) is 3.13. The normalized spacial score (nSPS) is 14.2. The highest BCUT2D eigenvalue weighted by atomic mass is 16.6. The third kappa shape index (κ3) is 14.2. The van der Waals surface area contributed by atoms with Crippen molar-refractivity contribution in [2.24, 2.45) is 0 Å². The number of carbonyl (C=O) groups is 4. The van der Waals surface area contributed by atoms with E-state index in [4.69, 9.17) is 15.3 Å². The van der Waals surface area contributed by atoms with Crippen LogP contribution in [0.3, 0.4) is 0 Å². The maximum Gasteiger partial charge on any atom is 0.348 e. The van der Waals surface area contributed by atoms with Crippen LogP contribution in [0.25, 0.3) is 0 Å². The van der Waals surface area contributed by atoms with Crippen LogP contribution in [0.4, 0.5) is 0 Å². The van der Waals surface area contributed by atoms with Crippen LogP contribution in [0.1, 0.15) is 90.4 Å². The summed E-state index contributed by atoms with van der Waals surface area (Å²) < 4.78 is 4.61. The number of rotatable bonds is 20. The van der Waals surface area contributed by atoms with E-state index in [-0.39, 0.29) is 6.42 Å². The minimum Gasteiger partial charge on any atom is -0.481 e. The van der Waals surface area contributed by atoms with E-state index >= 15 is 0 Å². The van der Waals surface area contributed by atoms with Gasteiger partial charge in [-0.3, -0.25) is 9.59 Å². The molecule has 9 nitrogen and oxygen atoms in total. The van der Waals surface area contributed by atoms with E-state index in [2.05, 4.69) is 36.0 Å². The molecule has 0 heterocycles. The Morgan fingerprint density at radius 2 is 1.36 bits per heavy atom. The van der Waals surface area contributed by atoms with Gasteiger partial charge < -0.3 is 25.2 Å². The average Bonchev–Trinajstić information content (AvgIpc) is 2.73. The van der Waals surface area contributed by atoms with Crippen molar-refractivity contribution >= 4 is 23.9 Å². The van der Waals surface area contributed by atoms with Gasteiger partial charge in [-0.1, -0.05) is 63.3 Å². The molecule has 0 aliphatic rings. The number of hydrogen-bond donors (Lipinski definition) is 4. The molecule has 2 unspecified atom stereocenters. The van der Waals surface area contributed by atoms with Gasteiger partial charge in [0.2, 0.25) is 11.7 Å². The first-order chi connectivity index (χ1) is 15.6. The lowest BCUT2D eigenvalue weighted by Gasteiger charge is -2.27. The zero-order chi connectivity index (χ0) is 25.1. The van der Waals surface area contributed by atoms with Crippen LogP contribution in [0, 0.1) is 0 Å². The van der Waals surface area contributed by atoms with Crippen molar-refractivity contribution in [1.29, 1.82) is 0 Å². The molecule has 0 aromatic heterocycles. The van der Waals surface area contributed by atoms with E-state index in [9.17, 15) is 24.3 Å². The average molecular weight is 471 g/mol. The van der Waals surface area contributed by atoms with E-state index < -0.39 is 42.0 Å². The number of carbonyl (C=O) groups excluding carboxylic acids is 1. The van der Waals surface area contributed by atoms with Gasteiger partial charge in [-0.25, -0.2) is 9.59 Å². The Hall–Kier alpha value is -2.68. The molecule has 0 fully saturated rings. The molecule has 0 rings (SSSR count). The van der Waals surface area contributed by atoms with Crippen LogP contribution in [0.15, 0.2) is 24.3 Å². The number of esters is 1. The fourth-order valence-electron chi connectivity index (χ4n) is 3.13. The lowest BCUT2D eigenvalue weighted by atomic mass is 9.92. The maximum atomic E-state index is 11.9. The molecular weight excluding hydrogens is 432 g/mol. The Balaban J connectivity index is 4.10. The zero-order valence-electron chi connectivity index (χ0n) is 19.4. The van der Waals surface area contributed by atoms with E-state index in [1.165, 1.54) is 19.3 Å². The Morgan fingerprint density at radius 3 is 1.88 bits per heavy atom. The van der Waals surface area contributed by atoms with Gasteiger partial charge >= 0.3 is 23.9 Å². The summed E-state index contributed by atoms with van der Waals surface area (Å²) in [5.74, 6) is -6.77. The van der Waals surface area contributed by atoms with Gasteiger partial charge in [-0.2, -0.15) is 0 Å². The summed E-state index contributed by atoms with van der Waals surface area (Å²) in [6.07, 6.45) is 15.4. The summed E-state index contributed by atoms with van der Waals surface area (Å²) in [7, 11) is 0. The number of unbranched alkanes of at least 4 members (excludes halogenated alkanes) is 8. The lowest BCUT2D eigenvalue weighted by molar-refractivity contribution is -0.197. The molecule has 33 heavy (non-hydrogen) atoms. The summed E-state index contributed by atoms with van der Waals surface area (Å²) in [4.78, 5) is 45.2. The third-order valence-electron chi connectivity index (χ3n) is 5.03. The van der Waals surface area contributed by atoms with Crippen LogP contribution in [0.2, 0.25) is 0 Å². The fraction of sp³-hybridized carbons (Fsp3) is 0.667. The second kappa shape index (κ2) is 17.8. The smallest absolute Gasteiger partial charge is 0.348 e. The predicted octanol–water partition coefficient (Wildman–Crippen LogP) is 4.09. The Bertz CT molecular complexity index is 669. The molecule has 188 valence electrons. The molecule has 0 aromatic rings. The highest BCUT2D eigenvalue weighted by Crippen LogP contribution is 2.21. The van der Waals surface area contributed by atoms with Gasteiger partial charge in [0, 0.05) is 6.42 Å². The van der Waals surface area contributed by atoms with Crippen molar-refractivity contribution in [2.45, 2.75) is 102 Å². The number of carboxylic acid groups (broad SMARTS) is 3. The zero-order valence-corrected chi connectivity index (χ0v) is 19.4. The van der Waals surface area contributed by atoms with Crippen molar-refractivity contribution < 1.29 is 44.3 Å². The van der Waals surface area contributed by atoms with Crippen molar-refractivity contribution in [1.82, 2.24) is 0 Å². The Morgan fingerprint density at radius 1 is 0.818 bits per heavy atom. The summed E-state index contributed by atoms with van der Waals surface area (Å²) >= 11 is 0. The molecule has 0 bridgehead atoms. The van der Waals surface area contributed by atoms with Gasteiger partial charge in [0.1, 0.15) is 0 Å². The van der Waals surface area contributed by atoms with E-state index in [1.54, 1.807) is 0 Å². The summed E-state index contributed by atoms with van der Waals surface area (Å²) in [6, 6.07) is 0. The molecule has 0 aromatic carbocycles. The summed E-state index contributed by atoms with van der Waals surface area (Å²) in [6.45, 7) is 2.19. The largest absolute Gasteiger partial charge is 0.481 e. The number of allylic oxidation sites excluding steroid dienone is 4. The minimum atomic E-state index is -3.26. The number of carboxylic acids is 3. The Labute approximate surface area is 195 Å². The van der Waals surface area contributed by atoms with Gasteiger partial charge in [0.05, 0.1) is 6.42 Å². The van der Waals surface area contributed by atoms with Crippen molar-refractivity contribution in [3.05, 3.63) is 24.3 Å². The first-order valence-electron chi connectivity index (χ1n) is 11.5. The second-order valence-corrected chi connectivity index (χ2v) is 7.99. The molecule has 0 aliphatic carbocycles. The SMILES string of the molecule is CCCCCC=CCC=CCCCCCCCC(=O)OC(C(=O)O)C(O)(CC(=O)O)C(=O)O. The van der Waals surface area contributed by atoms with Gasteiger partial charge in [-0.05, 0) is 38.5 Å². The molecule has 2 atom stereocenters. The van der Waals surface area contributed by atoms with Crippen LogP contribution >= 0.6 is 0 Å². The van der Waals surface area contributed by atoms with E-state index in [0.29, 0.717) is 12.8 Å². The molecule has 4 N–H and O–H groups in total. The highest BCUT2D eigenvalue weighted by molar-refractivity contribution is 5.92. The molecule has 0 saturated carbocycles. The quantitative estimate of drug-likeness (QED) is 0.117. The molecular formula is C24H38O9. The third-order valence-corrected chi connectivity index (χ3v) is 5.03. The van der Waals surface area contributed by atoms with Crippen LogP contribution < -0.4 is 0 Å². The highest BCUT2D eigenvalue weighted by Gasteiger charge is 2.52. The lowest BCUT2D eigenvalue weighted by Crippen LogP contribution is -2.56. The number of aliphatic hydroxyl groups is 1. The number of ether oxygens (including phenoxy) is 1. The molecule has 0 spiro atoms. The van der Waals surface area contributed by atoms with Gasteiger partial charge in [0.15, 0.2) is 0 Å². The topological polar surface area (TPSA) is 158 Å². The molecule has 0 radical (unpaired) electrons. The number of hydrogen-bond acceptors (Lipinski definition) is 6. The monoisotopic (exact) mass is 470 g/mol. The first kappa shape index (κ1) is 30.3. The minimum absolute atomic E-state index is 0.156. The summed E-state index contributed by atoms with van der Waals surface area (Å²) in [5.41, 5.74) is -3.26. The maximum absolute atomic E-state index is 11.9. The van der Waals surface area contributed by atoms with Gasteiger partial charge in [-0.15, -0.1) is 0 Å². The Kier molecular flexibility index (Phi) is 16.4. The van der Waals surface area contributed by atoms with Crippen molar-refractivity contribution in [2.75, 3.05) is 0 Å². The predicted molar refractivity (Wildman–Crippen MR) is 122 cm³/mol.